The Kier molecular flexibility index (Phi) is 6.35. The lowest BCUT2D eigenvalue weighted by molar-refractivity contribution is 0.146. The summed E-state index contributed by atoms with van der Waals surface area (Å²) in [5, 5.41) is 0. The number of benzene rings is 2. The molecule has 2 rings (SSSR count). The first-order valence-corrected chi connectivity index (χ1v) is 7.28. The van der Waals surface area contributed by atoms with E-state index in [1.807, 2.05) is 55.5 Å². The van der Waals surface area contributed by atoms with Gasteiger partial charge in [-0.15, -0.1) is 0 Å². The van der Waals surface area contributed by atoms with Crippen LogP contribution in [0.2, 0.25) is 0 Å². The summed E-state index contributed by atoms with van der Waals surface area (Å²) in [6, 6.07) is 15.5. The normalized spacial score (nSPS) is 9.73. The van der Waals surface area contributed by atoms with Gasteiger partial charge < -0.3 is 14.2 Å². The van der Waals surface area contributed by atoms with Gasteiger partial charge in [0.1, 0.15) is 18.1 Å². The van der Waals surface area contributed by atoms with Crippen molar-refractivity contribution in [3.63, 3.8) is 0 Å². The molecule has 0 bridgehead atoms. The number of hydrogen-bond donors (Lipinski definition) is 0. The van der Waals surface area contributed by atoms with E-state index in [9.17, 15) is 0 Å². The van der Waals surface area contributed by atoms with E-state index < -0.39 is 0 Å². The molecule has 0 aromatic heterocycles. The first kappa shape index (κ1) is 15.9. The first-order valence-electron chi connectivity index (χ1n) is 7.28. The topological polar surface area (TPSA) is 27.7 Å². The molecule has 2 aromatic carbocycles. The molecule has 0 amide bonds. The zero-order valence-corrected chi connectivity index (χ0v) is 13.0. The number of ether oxygens (including phenoxy) is 3. The lowest BCUT2D eigenvalue weighted by atomic mass is 10.2. The van der Waals surface area contributed by atoms with Crippen molar-refractivity contribution in [1.82, 2.24) is 0 Å². The van der Waals surface area contributed by atoms with Gasteiger partial charge in [-0.2, -0.15) is 0 Å². The second-order valence-electron chi connectivity index (χ2n) is 4.57. The zero-order chi connectivity index (χ0) is 15.6. The van der Waals surface area contributed by atoms with Crippen LogP contribution in [-0.2, 0) is 4.74 Å². The monoisotopic (exact) mass is 296 g/mol. The zero-order valence-electron chi connectivity index (χ0n) is 13.0. The molecule has 22 heavy (non-hydrogen) atoms. The van der Waals surface area contributed by atoms with Crippen LogP contribution in [0.4, 0.5) is 0 Å². The Morgan fingerprint density at radius 3 is 1.68 bits per heavy atom. The summed E-state index contributed by atoms with van der Waals surface area (Å²) in [7, 11) is 1.66. The summed E-state index contributed by atoms with van der Waals surface area (Å²) in [6.07, 6.45) is 0. The van der Waals surface area contributed by atoms with E-state index in [1.54, 1.807) is 7.11 Å². The molecule has 0 saturated heterocycles. The Morgan fingerprint density at radius 2 is 1.23 bits per heavy atom. The molecule has 0 aliphatic carbocycles. The molecule has 0 N–H and O–H groups in total. The van der Waals surface area contributed by atoms with Crippen LogP contribution in [-0.4, -0.2) is 26.9 Å². The van der Waals surface area contributed by atoms with Gasteiger partial charge in [-0.1, -0.05) is 11.8 Å². The highest BCUT2D eigenvalue weighted by Crippen LogP contribution is 2.13. The summed E-state index contributed by atoms with van der Waals surface area (Å²) in [5.41, 5.74) is 1.91. The van der Waals surface area contributed by atoms with Gasteiger partial charge in [0.05, 0.1) is 13.2 Å². The van der Waals surface area contributed by atoms with Gasteiger partial charge in [0, 0.05) is 18.2 Å². The molecular formula is C19H20O3. The fourth-order valence-electron chi connectivity index (χ4n) is 1.82. The van der Waals surface area contributed by atoms with Crippen LogP contribution in [0.3, 0.4) is 0 Å². The maximum atomic E-state index is 5.51. The minimum Gasteiger partial charge on any atom is -0.494 e. The second kappa shape index (κ2) is 8.76. The van der Waals surface area contributed by atoms with E-state index in [-0.39, 0.29) is 0 Å². The third-order valence-electron chi connectivity index (χ3n) is 2.93. The van der Waals surface area contributed by atoms with Crippen LogP contribution in [0, 0.1) is 11.8 Å². The van der Waals surface area contributed by atoms with Crippen LogP contribution >= 0.6 is 0 Å². The maximum Gasteiger partial charge on any atom is 0.119 e. The van der Waals surface area contributed by atoms with Crippen LogP contribution in [0.25, 0.3) is 0 Å². The summed E-state index contributed by atoms with van der Waals surface area (Å²) >= 11 is 0. The lowest BCUT2D eigenvalue weighted by Gasteiger charge is -2.04. The quantitative estimate of drug-likeness (QED) is 0.603. The van der Waals surface area contributed by atoms with Crippen molar-refractivity contribution in [3.8, 4) is 23.3 Å². The molecule has 0 spiro atoms. The molecule has 114 valence electrons. The molecule has 0 fully saturated rings. The highest BCUT2D eigenvalue weighted by molar-refractivity contribution is 5.45. The fourth-order valence-corrected chi connectivity index (χ4v) is 1.82. The van der Waals surface area contributed by atoms with Crippen molar-refractivity contribution in [2.45, 2.75) is 6.92 Å². The minimum absolute atomic E-state index is 0.549. The average molecular weight is 296 g/mol. The molecule has 0 atom stereocenters. The molecule has 0 heterocycles. The van der Waals surface area contributed by atoms with Crippen LogP contribution in [0.1, 0.15) is 18.1 Å². The van der Waals surface area contributed by atoms with Crippen molar-refractivity contribution in [3.05, 3.63) is 59.7 Å². The van der Waals surface area contributed by atoms with Gasteiger partial charge >= 0.3 is 0 Å². The Hall–Kier alpha value is -2.44. The Labute approximate surface area is 131 Å². The highest BCUT2D eigenvalue weighted by atomic mass is 16.5. The van der Waals surface area contributed by atoms with E-state index in [0.717, 1.165) is 22.6 Å². The van der Waals surface area contributed by atoms with Gasteiger partial charge in [0.2, 0.25) is 0 Å². The van der Waals surface area contributed by atoms with Crippen molar-refractivity contribution in [2.75, 3.05) is 26.9 Å². The highest BCUT2D eigenvalue weighted by Gasteiger charge is 1.94. The summed E-state index contributed by atoms with van der Waals surface area (Å²) < 4.78 is 15.9. The van der Waals surface area contributed by atoms with Gasteiger partial charge in [0.25, 0.3) is 0 Å². The number of rotatable bonds is 6. The largest absolute Gasteiger partial charge is 0.494 e. The average Bonchev–Trinajstić information content (AvgIpc) is 2.56. The maximum absolute atomic E-state index is 5.51. The van der Waals surface area contributed by atoms with Gasteiger partial charge in [-0.05, 0) is 55.5 Å². The van der Waals surface area contributed by atoms with Crippen molar-refractivity contribution in [2.24, 2.45) is 0 Å². The van der Waals surface area contributed by atoms with Gasteiger partial charge in [-0.3, -0.25) is 0 Å². The van der Waals surface area contributed by atoms with Crippen molar-refractivity contribution >= 4 is 0 Å². The fraction of sp³-hybridized carbons (Fsp3) is 0.263. The molecule has 0 aliphatic rings. The molecular weight excluding hydrogens is 276 g/mol. The number of methoxy groups -OCH3 is 1. The Balaban J connectivity index is 1.96. The molecule has 0 saturated carbocycles. The summed E-state index contributed by atoms with van der Waals surface area (Å²) in [4.78, 5) is 0. The van der Waals surface area contributed by atoms with E-state index in [4.69, 9.17) is 14.2 Å². The van der Waals surface area contributed by atoms with Crippen molar-refractivity contribution < 1.29 is 14.2 Å². The Bertz CT molecular complexity index is 618. The first-order chi connectivity index (χ1) is 10.8. The SMILES string of the molecule is CCOc1ccc(C#Cc2ccc(OCCOC)cc2)cc1. The van der Waals surface area contributed by atoms with Gasteiger partial charge in [-0.25, -0.2) is 0 Å². The summed E-state index contributed by atoms with van der Waals surface area (Å²) in [5.74, 6) is 7.96. The molecule has 3 heteroatoms. The van der Waals surface area contributed by atoms with E-state index in [1.165, 1.54) is 0 Å². The number of hydrogen-bond acceptors (Lipinski definition) is 3. The van der Waals surface area contributed by atoms with Crippen LogP contribution in [0.5, 0.6) is 11.5 Å². The van der Waals surface area contributed by atoms with E-state index >= 15 is 0 Å². The Morgan fingerprint density at radius 1 is 0.727 bits per heavy atom. The molecule has 0 unspecified atom stereocenters. The third-order valence-corrected chi connectivity index (χ3v) is 2.93. The smallest absolute Gasteiger partial charge is 0.119 e. The predicted octanol–water partition coefficient (Wildman–Crippen LogP) is 3.51. The molecule has 3 nitrogen and oxygen atoms in total. The molecule has 2 aromatic rings. The van der Waals surface area contributed by atoms with E-state index in [0.29, 0.717) is 19.8 Å². The second-order valence-corrected chi connectivity index (χ2v) is 4.57. The van der Waals surface area contributed by atoms with Crippen LogP contribution < -0.4 is 9.47 Å². The van der Waals surface area contributed by atoms with Crippen LogP contribution in [0.15, 0.2) is 48.5 Å². The van der Waals surface area contributed by atoms with Crippen molar-refractivity contribution in [1.29, 1.82) is 0 Å². The minimum atomic E-state index is 0.549. The standard InChI is InChI=1S/C19H20O3/c1-3-21-18-10-6-16(7-11-18)4-5-17-8-12-19(13-9-17)22-15-14-20-2/h6-13H,3,14-15H2,1-2H3. The van der Waals surface area contributed by atoms with E-state index in [2.05, 4.69) is 11.8 Å². The summed E-state index contributed by atoms with van der Waals surface area (Å²) in [6.45, 7) is 3.77. The van der Waals surface area contributed by atoms with Gasteiger partial charge in [0.15, 0.2) is 0 Å². The molecule has 0 aliphatic heterocycles. The predicted molar refractivity (Wildman–Crippen MR) is 87.4 cm³/mol. The lowest BCUT2D eigenvalue weighted by Crippen LogP contribution is -2.03. The third kappa shape index (κ3) is 5.16. The molecule has 0 radical (unpaired) electrons.